The van der Waals surface area contributed by atoms with Gasteiger partial charge in [-0.25, -0.2) is 4.68 Å². The first-order valence-corrected chi connectivity index (χ1v) is 6.24. The zero-order chi connectivity index (χ0) is 13.1. The van der Waals surface area contributed by atoms with E-state index >= 15 is 0 Å². The molecule has 0 aliphatic rings. The van der Waals surface area contributed by atoms with Gasteiger partial charge in [-0.05, 0) is 41.4 Å². The molecule has 1 N–H and O–H groups in total. The van der Waals surface area contributed by atoms with E-state index in [9.17, 15) is 0 Å². The first-order valence-electron chi connectivity index (χ1n) is 6.24. The Morgan fingerprint density at radius 1 is 1.41 bits per heavy atom. The molecule has 17 heavy (non-hydrogen) atoms. The zero-order valence-corrected chi connectivity index (χ0v) is 11.9. The van der Waals surface area contributed by atoms with Gasteiger partial charge in [0, 0.05) is 12.1 Å². The normalized spacial score (nSPS) is 14.3. The highest BCUT2D eigenvalue weighted by Crippen LogP contribution is 2.28. The molecule has 1 aromatic heterocycles. The van der Waals surface area contributed by atoms with E-state index in [4.69, 9.17) is 0 Å². The highest BCUT2D eigenvalue weighted by atomic mass is 15.4. The predicted octanol–water partition coefficient (Wildman–Crippen LogP) is 1.29. The van der Waals surface area contributed by atoms with Crippen molar-refractivity contribution in [2.75, 3.05) is 20.6 Å². The third kappa shape index (κ3) is 2.84. The average molecular weight is 239 g/mol. The summed E-state index contributed by atoms with van der Waals surface area (Å²) in [7, 11) is 4.20. The second kappa shape index (κ2) is 5.60. The van der Waals surface area contributed by atoms with Crippen LogP contribution < -0.4 is 5.32 Å². The highest BCUT2D eigenvalue weighted by Gasteiger charge is 2.34. The Balaban J connectivity index is 3.09. The van der Waals surface area contributed by atoms with Crippen molar-refractivity contribution in [2.45, 2.75) is 45.8 Å². The Morgan fingerprint density at radius 3 is 2.53 bits per heavy atom. The Hall–Kier alpha value is -0.940. The molecule has 5 nitrogen and oxygen atoms in total. The van der Waals surface area contributed by atoms with Crippen LogP contribution in [0.2, 0.25) is 0 Å². The average Bonchev–Trinajstić information content (AvgIpc) is 2.72. The number of likely N-dealkylation sites (N-methyl/N-ethyl adjacent to an activating group) is 2. The number of hydrogen-bond acceptors (Lipinski definition) is 4. The van der Waals surface area contributed by atoms with Crippen molar-refractivity contribution < 1.29 is 0 Å². The number of nitrogens with zero attached hydrogens (tertiary/aromatic N) is 4. The molecule has 1 rings (SSSR count). The Bertz CT molecular complexity index is 342. The van der Waals surface area contributed by atoms with Crippen molar-refractivity contribution >= 4 is 0 Å². The molecule has 0 radical (unpaired) electrons. The molecular formula is C12H25N5. The summed E-state index contributed by atoms with van der Waals surface area (Å²) in [6, 6.07) is 0.220. The lowest BCUT2D eigenvalue weighted by atomic mass is 9.90. The van der Waals surface area contributed by atoms with E-state index in [0.717, 1.165) is 18.8 Å². The maximum atomic E-state index is 4.12. The Morgan fingerprint density at radius 2 is 2.06 bits per heavy atom. The molecule has 0 amide bonds. The van der Waals surface area contributed by atoms with E-state index in [1.54, 1.807) is 0 Å². The Kier molecular flexibility index (Phi) is 4.65. The lowest BCUT2D eigenvalue weighted by molar-refractivity contribution is 0.134. The fourth-order valence-corrected chi connectivity index (χ4v) is 1.91. The summed E-state index contributed by atoms with van der Waals surface area (Å²) in [6.07, 6.45) is 1.86. The van der Waals surface area contributed by atoms with Crippen molar-refractivity contribution in [3.8, 4) is 0 Å². The molecule has 0 fully saturated rings. The monoisotopic (exact) mass is 239 g/mol. The van der Waals surface area contributed by atoms with E-state index < -0.39 is 0 Å². The van der Waals surface area contributed by atoms with E-state index in [2.05, 4.69) is 62.3 Å². The van der Waals surface area contributed by atoms with Crippen molar-refractivity contribution in [1.29, 1.82) is 0 Å². The van der Waals surface area contributed by atoms with Crippen LogP contribution >= 0.6 is 0 Å². The van der Waals surface area contributed by atoms with Gasteiger partial charge in [0.25, 0.3) is 0 Å². The van der Waals surface area contributed by atoms with Gasteiger partial charge in [-0.2, -0.15) is 0 Å². The molecule has 0 aliphatic heterocycles. The molecule has 98 valence electrons. The molecule has 0 saturated heterocycles. The van der Waals surface area contributed by atoms with Crippen LogP contribution in [-0.4, -0.2) is 46.1 Å². The summed E-state index contributed by atoms with van der Waals surface area (Å²) in [5.74, 6) is 0. The van der Waals surface area contributed by atoms with Gasteiger partial charge in [0.05, 0.1) is 17.9 Å². The first kappa shape index (κ1) is 14.1. The smallest absolute Gasteiger partial charge is 0.0775 e. The lowest BCUT2D eigenvalue weighted by Crippen LogP contribution is -2.50. The molecule has 0 spiro atoms. The van der Waals surface area contributed by atoms with Gasteiger partial charge in [0.15, 0.2) is 0 Å². The van der Waals surface area contributed by atoms with Crippen LogP contribution in [0, 0.1) is 0 Å². The highest BCUT2D eigenvalue weighted by molar-refractivity contribution is 5.10. The van der Waals surface area contributed by atoms with Gasteiger partial charge in [-0.15, -0.1) is 5.10 Å². The van der Waals surface area contributed by atoms with E-state index in [1.165, 1.54) is 0 Å². The SMILES string of the molecule is CCNC(c1cnnn1CC)C(C)(C)N(C)C. The van der Waals surface area contributed by atoms with Crippen LogP contribution in [0.4, 0.5) is 0 Å². The van der Waals surface area contributed by atoms with Crippen LogP contribution in [0.3, 0.4) is 0 Å². The number of aryl methyl sites for hydroxylation is 1. The summed E-state index contributed by atoms with van der Waals surface area (Å²) in [4.78, 5) is 2.23. The molecule has 1 unspecified atom stereocenters. The molecule has 5 heteroatoms. The molecule has 0 aromatic carbocycles. The largest absolute Gasteiger partial charge is 0.307 e. The summed E-state index contributed by atoms with van der Waals surface area (Å²) >= 11 is 0. The van der Waals surface area contributed by atoms with Crippen LogP contribution in [0.5, 0.6) is 0 Å². The summed E-state index contributed by atoms with van der Waals surface area (Å²) in [5, 5.41) is 11.7. The molecule has 0 bridgehead atoms. The number of rotatable bonds is 6. The van der Waals surface area contributed by atoms with Crippen molar-refractivity contribution in [3.05, 3.63) is 11.9 Å². The van der Waals surface area contributed by atoms with Crippen molar-refractivity contribution in [1.82, 2.24) is 25.2 Å². The van der Waals surface area contributed by atoms with Crippen molar-refractivity contribution in [2.24, 2.45) is 0 Å². The molecule has 1 heterocycles. The molecule has 0 aliphatic carbocycles. The maximum Gasteiger partial charge on any atom is 0.0775 e. The van der Waals surface area contributed by atoms with E-state index in [0.29, 0.717) is 0 Å². The maximum absolute atomic E-state index is 4.12. The van der Waals surface area contributed by atoms with Gasteiger partial charge in [-0.3, -0.25) is 0 Å². The fraction of sp³-hybridized carbons (Fsp3) is 0.833. The topological polar surface area (TPSA) is 46.0 Å². The van der Waals surface area contributed by atoms with Gasteiger partial charge in [0.2, 0.25) is 0 Å². The minimum atomic E-state index is 0.00461. The minimum absolute atomic E-state index is 0.00461. The third-order valence-electron chi connectivity index (χ3n) is 3.51. The molecule has 1 atom stereocenters. The van der Waals surface area contributed by atoms with Gasteiger partial charge in [-0.1, -0.05) is 12.1 Å². The van der Waals surface area contributed by atoms with E-state index in [-0.39, 0.29) is 11.6 Å². The summed E-state index contributed by atoms with van der Waals surface area (Å²) < 4.78 is 1.96. The Labute approximate surface area is 104 Å². The summed E-state index contributed by atoms with van der Waals surface area (Å²) in [5.41, 5.74) is 1.15. The van der Waals surface area contributed by atoms with Gasteiger partial charge < -0.3 is 10.2 Å². The van der Waals surface area contributed by atoms with Crippen LogP contribution in [-0.2, 0) is 6.54 Å². The summed E-state index contributed by atoms with van der Waals surface area (Å²) in [6.45, 7) is 10.4. The standard InChI is InChI=1S/C12H25N5/c1-7-13-11(12(3,4)16(5)6)10-9-14-15-17(10)8-2/h9,11,13H,7-8H2,1-6H3. The van der Waals surface area contributed by atoms with Crippen LogP contribution in [0.25, 0.3) is 0 Å². The predicted molar refractivity (Wildman–Crippen MR) is 69.9 cm³/mol. The molecule has 0 saturated carbocycles. The van der Waals surface area contributed by atoms with Crippen LogP contribution in [0.1, 0.15) is 39.4 Å². The quantitative estimate of drug-likeness (QED) is 0.812. The number of aromatic nitrogens is 3. The van der Waals surface area contributed by atoms with E-state index in [1.807, 2.05) is 10.9 Å². The fourth-order valence-electron chi connectivity index (χ4n) is 1.91. The second-order valence-electron chi connectivity index (χ2n) is 5.01. The number of nitrogens with one attached hydrogen (secondary N) is 1. The molecule has 1 aromatic rings. The number of hydrogen-bond donors (Lipinski definition) is 1. The minimum Gasteiger partial charge on any atom is -0.307 e. The zero-order valence-electron chi connectivity index (χ0n) is 11.9. The van der Waals surface area contributed by atoms with Gasteiger partial charge in [0.1, 0.15) is 0 Å². The van der Waals surface area contributed by atoms with Crippen LogP contribution in [0.15, 0.2) is 6.20 Å². The third-order valence-corrected chi connectivity index (χ3v) is 3.51. The molecular weight excluding hydrogens is 214 g/mol. The first-order chi connectivity index (χ1) is 7.95. The van der Waals surface area contributed by atoms with Crippen molar-refractivity contribution in [3.63, 3.8) is 0 Å². The lowest BCUT2D eigenvalue weighted by Gasteiger charge is -2.40. The van der Waals surface area contributed by atoms with Gasteiger partial charge >= 0.3 is 0 Å². The second-order valence-corrected chi connectivity index (χ2v) is 5.01.